The molecule has 2 heterocycles. The summed E-state index contributed by atoms with van der Waals surface area (Å²) in [6.07, 6.45) is 1.09. The highest BCUT2D eigenvalue weighted by atomic mass is 32.1. The van der Waals surface area contributed by atoms with Crippen molar-refractivity contribution in [1.82, 2.24) is 13.6 Å². The quantitative estimate of drug-likeness (QED) is 0.776. The first-order chi connectivity index (χ1) is 7.70. The Labute approximate surface area is 97.2 Å². The normalized spacial score (nSPS) is 25.8. The van der Waals surface area contributed by atoms with E-state index in [-0.39, 0.29) is 24.7 Å². The summed E-state index contributed by atoms with van der Waals surface area (Å²) in [5.74, 6) is -0.151. The second-order valence-corrected chi connectivity index (χ2v) is 4.31. The standard InChI is InChI=1S/C9H13N3O3S/c1-6-3-12(4-7(5-13)15-6)9(14)8-2-10-16-11-8/h2,6-7,13H,3-5H2,1H3. The average Bonchev–Trinajstić information content (AvgIpc) is 2.80. The average molecular weight is 243 g/mol. The fraction of sp³-hybridized carbons (Fsp3) is 0.667. The molecule has 6 nitrogen and oxygen atoms in total. The van der Waals surface area contributed by atoms with E-state index in [2.05, 4.69) is 8.75 Å². The molecule has 1 saturated heterocycles. The second kappa shape index (κ2) is 4.86. The van der Waals surface area contributed by atoms with Gasteiger partial charge in [0.2, 0.25) is 0 Å². The Balaban J connectivity index is 2.06. The lowest BCUT2D eigenvalue weighted by Gasteiger charge is -2.35. The predicted octanol–water partition coefficient (Wildman–Crippen LogP) is -0.240. The van der Waals surface area contributed by atoms with Crippen molar-refractivity contribution >= 4 is 17.6 Å². The van der Waals surface area contributed by atoms with Gasteiger partial charge in [0.05, 0.1) is 36.7 Å². The minimum absolute atomic E-state index is 0.0681. The maximum atomic E-state index is 12.0. The Hall–Kier alpha value is -1.05. The third-order valence-corrected chi connectivity index (χ3v) is 2.88. The number of aliphatic hydroxyl groups is 1. The largest absolute Gasteiger partial charge is 0.394 e. The van der Waals surface area contributed by atoms with E-state index in [1.807, 2.05) is 6.92 Å². The van der Waals surface area contributed by atoms with Crippen molar-refractivity contribution in [2.24, 2.45) is 0 Å². The molecule has 0 aromatic carbocycles. The molecule has 0 bridgehead atoms. The molecule has 1 aliphatic rings. The number of ether oxygens (including phenoxy) is 1. The zero-order valence-electron chi connectivity index (χ0n) is 8.87. The summed E-state index contributed by atoms with van der Waals surface area (Å²) in [7, 11) is 0. The number of aromatic nitrogens is 2. The van der Waals surface area contributed by atoms with E-state index >= 15 is 0 Å². The van der Waals surface area contributed by atoms with Crippen molar-refractivity contribution in [3.63, 3.8) is 0 Å². The van der Waals surface area contributed by atoms with Gasteiger partial charge in [0, 0.05) is 13.1 Å². The molecule has 16 heavy (non-hydrogen) atoms. The summed E-state index contributed by atoms with van der Waals surface area (Å²) in [6, 6.07) is 0. The van der Waals surface area contributed by atoms with Gasteiger partial charge in [-0.25, -0.2) is 0 Å². The number of nitrogens with zero attached hydrogens (tertiary/aromatic N) is 3. The van der Waals surface area contributed by atoms with Gasteiger partial charge in [0.15, 0.2) is 5.69 Å². The maximum Gasteiger partial charge on any atom is 0.275 e. The Morgan fingerprint density at radius 1 is 1.75 bits per heavy atom. The van der Waals surface area contributed by atoms with Gasteiger partial charge in [-0.1, -0.05) is 0 Å². The van der Waals surface area contributed by atoms with Gasteiger partial charge < -0.3 is 14.7 Å². The van der Waals surface area contributed by atoms with Crippen molar-refractivity contribution in [3.05, 3.63) is 11.9 Å². The van der Waals surface area contributed by atoms with Gasteiger partial charge in [0.25, 0.3) is 5.91 Å². The van der Waals surface area contributed by atoms with Gasteiger partial charge in [-0.05, 0) is 6.92 Å². The molecular formula is C9H13N3O3S. The summed E-state index contributed by atoms with van der Waals surface area (Å²) in [6.45, 7) is 2.72. The number of hydrogen-bond acceptors (Lipinski definition) is 6. The number of carbonyl (C=O) groups is 1. The predicted molar refractivity (Wildman–Crippen MR) is 57.2 cm³/mol. The van der Waals surface area contributed by atoms with Crippen LogP contribution >= 0.6 is 11.7 Å². The summed E-state index contributed by atoms with van der Waals surface area (Å²) in [5.41, 5.74) is 0.357. The van der Waals surface area contributed by atoms with E-state index < -0.39 is 0 Å². The molecule has 1 amide bonds. The van der Waals surface area contributed by atoms with E-state index in [9.17, 15) is 4.79 Å². The van der Waals surface area contributed by atoms with Crippen LogP contribution in [-0.4, -0.2) is 56.6 Å². The third-order valence-electron chi connectivity index (χ3n) is 2.40. The van der Waals surface area contributed by atoms with Crippen LogP contribution in [0.25, 0.3) is 0 Å². The molecule has 0 saturated carbocycles. The van der Waals surface area contributed by atoms with Gasteiger partial charge in [-0.2, -0.15) is 8.75 Å². The Bertz CT molecular complexity index is 357. The lowest BCUT2D eigenvalue weighted by molar-refractivity contribution is -0.0859. The minimum atomic E-state index is -0.306. The molecule has 1 aliphatic heterocycles. The summed E-state index contributed by atoms with van der Waals surface area (Å²) in [4.78, 5) is 13.6. The van der Waals surface area contributed by atoms with Gasteiger partial charge >= 0.3 is 0 Å². The molecule has 1 fully saturated rings. The molecule has 2 unspecified atom stereocenters. The lowest BCUT2D eigenvalue weighted by atomic mass is 10.2. The molecule has 1 aromatic rings. The van der Waals surface area contributed by atoms with Crippen LogP contribution in [0.5, 0.6) is 0 Å². The number of amides is 1. The van der Waals surface area contributed by atoms with Crippen molar-refractivity contribution in [3.8, 4) is 0 Å². The Morgan fingerprint density at radius 3 is 3.19 bits per heavy atom. The van der Waals surface area contributed by atoms with Crippen LogP contribution in [0, 0.1) is 0 Å². The van der Waals surface area contributed by atoms with Crippen LogP contribution in [0.15, 0.2) is 6.20 Å². The number of aliphatic hydroxyl groups excluding tert-OH is 1. The Morgan fingerprint density at radius 2 is 2.56 bits per heavy atom. The molecule has 0 spiro atoms. The Kier molecular flexibility index (Phi) is 3.47. The molecule has 0 aliphatic carbocycles. The second-order valence-electron chi connectivity index (χ2n) is 3.75. The monoisotopic (exact) mass is 243 g/mol. The minimum Gasteiger partial charge on any atom is -0.394 e. The van der Waals surface area contributed by atoms with Crippen LogP contribution in [0.1, 0.15) is 17.4 Å². The van der Waals surface area contributed by atoms with Crippen LogP contribution in [0.3, 0.4) is 0 Å². The molecule has 1 aromatic heterocycles. The first-order valence-corrected chi connectivity index (χ1v) is 5.77. The van der Waals surface area contributed by atoms with Gasteiger partial charge in [-0.3, -0.25) is 4.79 Å². The molecule has 7 heteroatoms. The van der Waals surface area contributed by atoms with E-state index in [1.54, 1.807) is 4.90 Å². The molecule has 0 radical (unpaired) electrons. The molecule has 1 N–H and O–H groups in total. The number of morpholine rings is 1. The first-order valence-electron chi connectivity index (χ1n) is 5.04. The lowest BCUT2D eigenvalue weighted by Crippen LogP contribution is -2.50. The summed E-state index contributed by atoms with van der Waals surface area (Å²) < 4.78 is 13.2. The van der Waals surface area contributed by atoms with Crippen LogP contribution < -0.4 is 0 Å². The van der Waals surface area contributed by atoms with Crippen molar-refractivity contribution in [2.75, 3.05) is 19.7 Å². The number of rotatable bonds is 2. The highest BCUT2D eigenvalue weighted by Crippen LogP contribution is 2.13. The van der Waals surface area contributed by atoms with E-state index in [0.29, 0.717) is 18.8 Å². The van der Waals surface area contributed by atoms with Crippen LogP contribution in [0.4, 0.5) is 0 Å². The SMILES string of the molecule is CC1CN(C(=O)c2cnsn2)CC(CO)O1. The molecular weight excluding hydrogens is 230 g/mol. The zero-order valence-corrected chi connectivity index (χ0v) is 9.68. The smallest absolute Gasteiger partial charge is 0.275 e. The third kappa shape index (κ3) is 2.37. The molecule has 2 rings (SSSR count). The van der Waals surface area contributed by atoms with Crippen molar-refractivity contribution < 1.29 is 14.6 Å². The van der Waals surface area contributed by atoms with Gasteiger partial charge in [0.1, 0.15) is 0 Å². The van der Waals surface area contributed by atoms with Crippen molar-refractivity contribution in [2.45, 2.75) is 19.1 Å². The topological polar surface area (TPSA) is 75.6 Å². The van der Waals surface area contributed by atoms with Crippen molar-refractivity contribution in [1.29, 1.82) is 0 Å². The number of carbonyl (C=O) groups excluding carboxylic acids is 1. The van der Waals surface area contributed by atoms with E-state index in [1.165, 1.54) is 6.20 Å². The van der Waals surface area contributed by atoms with E-state index in [4.69, 9.17) is 9.84 Å². The van der Waals surface area contributed by atoms with Gasteiger partial charge in [-0.15, -0.1) is 0 Å². The van der Waals surface area contributed by atoms with Crippen LogP contribution in [-0.2, 0) is 4.74 Å². The first kappa shape index (κ1) is 11.4. The zero-order chi connectivity index (χ0) is 11.5. The fourth-order valence-electron chi connectivity index (χ4n) is 1.73. The van der Waals surface area contributed by atoms with E-state index in [0.717, 1.165) is 11.7 Å². The van der Waals surface area contributed by atoms with Crippen LogP contribution in [0.2, 0.25) is 0 Å². The highest BCUT2D eigenvalue weighted by molar-refractivity contribution is 6.99. The number of hydrogen-bond donors (Lipinski definition) is 1. The summed E-state index contributed by atoms with van der Waals surface area (Å²) in [5, 5.41) is 9.05. The molecule has 88 valence electrons. The molecule has 2 atom stereocenters. The fourth-order valence-corrected chi connectivity index (χ4v) is 2.14. The maximum absolute atomic E-state index is 12.0. The highest BCUT2D eigenvalue weighted by Gasteiger charge is 2.29. The summed E-state index contributed by atoms with van der Waals surface area (Å²) >= 11 is 1.01.